The van der Waals surface area contributed by atoms with E-state index in [-0.39, 0.29) is 11.2 Å². The van der Waals surface area contributed by atoms with Crippen molar-refractivity contribution in [3.8, 4) is 5.75 Å². The van der Waals surface area contributed by atoms with Crippen molar-refractivity contribution in [1.82, 2.24) is 5.32 Å². The first-order valence-electron chi connectivity index (χ1n) is 7.75. The van der Waals surface area contributed by atoms with Gasteiger partial charge in [-0.15, -0.1) is 11.8 Å². The van der Waals surface area contributed by atoms with Gasteiger partial charge in [0, 0.05) is 4.90 Å². The van der Waals surface area contributed by atoms with Crippen molar-refractivity contribution in [1.29, 1.82) is 0 Å². The molecule has 122 valence electrons. The van der Waals surface area contributed by atoms with Crippen LogP contribution < -0.4 is 10.1 Å². The molecule has 3 nitrogen and oxygen atoms in total. The zero-order valence-corrected chi connectivity index (χ0v) is 14.7. The first-order valence-corrected chi connectivity index (χ1v) is 8.63. The molecule has 2 rings (SSSR count). The Morgan fingerprint density at radius 2 is 1.87 bits per heavy atom. The SMILES string of the molecule is Cc1ccc(SC(C)C(=O)NCCOc2cccc(C)c2)cc1. The van der Waals surface area contributed by atoms with Gasteiger partial charge in [0.1, 0.15) is 12.4 Å². The van der Waals surface area contributed by atoms with E-state index in [2.05, 4.69) is 24.4 Å². The molecule has 4 heteroatoms. The molecule has 0 aliphatic heterocycles. The van der Waals surface area contributed by atoms with E-state index >= 15 is 0 Å². The highest BCUT2D eigenvalue weighted by molar-refractivity contribution is 8.00. The molecular formula is C19H23NO2S. The summed E-state index contributed by atoms with van der Waals surface area (Å²) in [5.41, 5.74) is 2.38. The van der Waals surface area contributed by atoms with E-state index in [1.165, 1.54) is 5.56 Å². The van der Waals surface area contributed by atoms with Gasteiger partial charge in [-0.05, 0) is 50.6 Å². The second-order valence-corrected chi connectivity index (χ2v) is 6.94. The van der Waals surface area contributed by atoms with Crippen molar-refractivity contribution < 1.29 is 9.53 Å². The number of thioether (sulfide) groups is 1. The van der Waals surface area contributed by atoms with E-state index in [1.807, 2.05) is 50.2 Å². The Labute approximate surface area is 142 Å². The number of rotatable bonds is 7. The third-order valence-electron chi connectivity index (χ3n) is 3.36. The minimum absolute atomic E-state index is 0.0309. The highest BCUT2D eigenvalue weighted by atomic mass is 32.2. The van der Waals surface area contributed by atoms with Crippen LogP contribution in [0, 0.1) is 13.8 Å². The van der Waals surface area contributed by atoms with Crippen molar-refractivity contribution in [2.45, 2.75) is 30.9 Å². The topological polar surface area (TPSA) is 38.3 Å². The lowest BCUT2D eigenvalue weighted by atomic mass is 10.2. The zero-order valence-electron chi connectivity index (χ0n) is 13.8. The molecule has 1 amide bonds. The van der Waals surface area contributed by atoms with E-state index in [9.17, 15) is 4.79 Å². The minimum atomic E-state index is -0.128. The first-order chi connectivity index (χ1) is 11.0. The fourth-order valence-corrected chi connectivity index (χ4v) is 2.96. The molecule has 0 aromatic heterocycles. The molecule has 0 aliphatic carbocycles. The number of ether oxygens (including phenoxy) is 1. The zero-order chi connectivity index (χ0) is 16.7. The Morgan fingerprint density at radius 1 is 1.13 bits per heavy atom. The summed E-state index contributed by atoms with van der Waals surface area (Å²) in [5, 5.41) is 2.79. The predicted octanol–water partition coefficient (Wildman–Crippen LogP) is 3.98. The summed E-state index contributed by atoms with van der Waals surface area (Å²) in [6.07, 6.45) is 0. The molecule has 2 aromatic carbocycles. The fraction of sp³-hybridized carbons (Fsp3) is 0.316. The molecule has 0 fully saturated rings. The summed E-state index contributed by atoms with van der Waals surface area (Å²) in [6, 6.07) is 16.1. The average Bonchev–Trinajstić information content (AvgIpc) is 2.53. The quantitative estimate of drug-likeness (QED) is 0.617. The molecule has 1 atom stereocenters. The number of nitrogens with one attached hydrogen (secondary N) is 1. The Hall–Kier alpha value is -1.94. The Kier molecular flexibility index (Phi) is 6.53. The lowest BCUT2D eigenvalue weighted by molar-refractivity contribution is -0.120. The third-order valence-corrected chi connectivity index (χ3v) is 4.47. The number of hydrogen-bond acceptors (Lipinski definition) is 3. The van der Waals surface area contributed by atoms with Crippen molar-refractivity contribution in [2.24, 2.45) is 0 Å². The normalized spacial score (nSPS) is 11.8. The van der Waals surface area contributed by atoms with Crippen LogP contribution >= 0.6 is 11.8 Å². The Morgan fingerprint density at radius 3 is 2.57 bits per heavy atom. The van der Waals surface area contributed by atoms with Crippen LogP contribution in [-0.2, 0) is 4.79 Å². The Bertz CT molecular complexity index is 640. The molecule has 0 saturated carbocycles. The number of carbonyl (C=O) groups is 1. The second-order valence-electron chi connectivity index (χ2n) is 5.53. The van der Waals surface area contributed by atoms with Gasteiger partial charge in [0.05, 0.1) is 11.8 Å². The molecule has 0 bridgehead atoms. The largest absolute Gasteiger partial charge is 0.492 e. The smallest absolute Gasteiger partial charge is 0.233 e. The monoisotopic (exact) mass is 329 g/mol. The average molecular weight is 329 g/mol. The van der Waals surface area contributed by atoms with Gasteiger partial charge in [-0.2, -0.15) is 0 Å². The number of benzene rings is 2. The van der Waals surface area contributed by atoms with Gasteiger partial charge < -0.3 is 10.1 Å². The summed E-state index contributed by atoms with van der Waals surface area (Å²) < 4.78 is 5.63. The van der Waals surface area contributed by atoms with E-state index in [0.29, 0.717) is 13.2 Å². The minimum Gasteiger partial charge on any atom is -0.492 e. The van der Waals surface area contributed by atoms with Crippen molar-refractivity contribution in [3.63, 3.8) is 0 Å². The van der Waals surface area contributed by atoms with Crippen LogP contribution in [0.25, 0.3) is 0 Å². The summed E-state index contributed by atoms with van der Waals surface area (Å²) in [4.78, 5) is 13.2. The van der Waals surface area contributed by atoms with E-state index in [0.717, 1.165) is 16.2 Å². The second kappa shape index (κ2) is 8.63. The van der Waals surface area contributed by atoms with E-state index in [4.69, 9.17) is 4.74 Å². The Balaban J connectivity index is 1.70. The number of carbonyl (C=O) groups excluding carboxylic acids is 1. The maximum atomic E-state index is 12.1. The van der Waals surface area contributed by atoms with Crippen LogP contribution in [0.3, 0.4) is 0 Å². The number of amides is 1. The summed E-state index contributed by atoms with van der Waals surface area (Å²) in [7, 11) is 0. The summed E-state index contributed by atoms with van der Waals surface area (Å²) >= 11 is 1.56. The predicted molar refractivity (Wildman–Crippen MR) is 96.2 cm³/mol. The van der Waals surface area contributed by atoms with Gasteiger partial charge in [0.15, 0.2) is 0 Å². The van der Waals surface area contributed by atoms with Gasteiger partial charge in [0.2, 0.25) is 5.91 Å². The summed E-state index contributed by atoms with van der Waals surface area (Å²) in [5.74, 6) is 0.866. The molecule has 1 unspecified atom stereocenters. The van der Waals surface area contributed by atoms with Gasteiger partial charge in [-0.25, -0.2) is 0 Å². The van der Waals surface area contributed by atoms with Crippen LogP contribution in [0.2, 0.25) is 0 Å². The standard InChI is InChI=1S/C19H23NO2S/c1-14-7-9-18(10-8-14)23-16(3)19(21)20-11-12-22-17-6-4-5-15(2)13-17/h4-10,13,16H,11-12H2,1-3H3,(H,20,21). The lowest BCUT2D eigenvalue weighted by Crippen LogP contribution is -2.33. The molecule has 0 aliphatic rings. The number of hydrogen-bond donors (Lipinski definition) is 1. The van der Waals surface area contributed by atoms with Crippen molar-refractivity contribution in [2.75, 3.05) is 13.2 Å². The molecule has 23 heavy (non-hydrogen) atoms. The first kappa shape index (κ1) is 17.4. The maximum absolute atomic E-state index is 12.1. The van der Waals surface area contributed by atoms with Gasteiger partial charge in [0.25, 0.3) is 0 Å². The summed E-state index contributed by atoms with van der Waals surface area (Å²) in [6.45, 7) is 6.97. The van der Waals surface area contributed by atoms with Gasteiger partial charge in [-0.3, -0.25) is 4.79 Å². The fourth-order valence-electron chi connectivity index (χ4n) is 2.07. The molecule has 0 heterocycles. The van der Waals surface area contributed by atoms with Crippen LogP contribution in [0.1, 0.15) is 18.1 Å². The molecule has 0 spiro atoms. The third kappa shape index (κ3) is 5.99. The highest BCUT2D eigenvalue weighted by Gasteiger charge is 2.13. The van der Waals surface area contributed by atoms with Crippen molar-refractivity contribution in [3.05, 3.63) is 59.7 Å². The lowest BCUT2D eigenvalue weighted by Gasteiger charge is -2.13. The van der Waals surface area contributed by atoms with Crippen LogP contribution in [0.5, 0.6) is 5.75 Å². The van der Waals surface area contributed by atoms with Gasteiger partial charge >= 0.3 is 0 Å². The van der Waals surface area contributed by atoms with Crippen LogP contribution in [0.4, 0.5) is 0 Å². The molecular weight excluding hydrogens is 306 g/mol. The molecule has 2 aromatic rings. The highest BCUT2D eigenvalue weighted by Crippen LogP contribution is 2.23. The maximum Gasteiger partial charge on any atom is 0.233 e. The molecule has 1 N–H and O–H groups in total. The van der Waals surface area contributed by atoms with Crippen LogP contribution in [-0.4, -0.2) is 24.3 Å². The molecule has 0 saturated heterocycles. The van der Waals surface area contributed by atoms with Crippen LogP contribution in [0.15, 0.2) is 53.4 Å². The number of aryl methyl sites for hydroxylation is 2. The molecule has 0 radical (unpaired) electrons. The van der Waals surface area contributed by atoms with Crippen molar-refractivity contribution >= 4 is 17.7 Å². The van der Waals surface area contributed by atoms with E-state index in [1.54, 1.807) is 11.8 Å². The van der Waals surface area contributed by atoms with Gasteiger partial charge in [-0.1, -0.05) is 29.8 Å². The van der Waals surface area contributed by atoms with E-state index < -0.39 is 0 Å².